The molecule has 1 aromatic heterocycles. The minimum absolute atomic E-state index is 0.153. The van der Waals surface area contributed by atoms with Crippen LogP contribution in [0.2, 0.25) is 0 Å². The average Bonchev–Trinajstić information content (AvgIpc) is 3.04. The SMILES string of the molecule is Cc1ccc(-c2cc(C(=O)NC3CC3)no2)cc1. The molecule has 1 N–H and O–H groups in total. The third-order valence-electron chi connectivity index (χ3n) is 2.99. The fraction of sp³-hybridized carbons (Fsp3) is 0.286. The second kappa shape index (κ2) is 4.29. The molecule has 1 saturated carbocycles. The minimum atomic E-state index is -0.153. The van der Waals surface area contributed by atoms with Crippen molar-refractivity contribution in [3.63, 3.8) is 0 Å². The van der Waals surface area contributed by atoms with Crippen molar-refractivity contribution in [2.75, 3.05) is 0 Å². The highest BCUT2D eigenvalue weighted by Crippen LogP contribution is 2.22. The second-order valence-corrected chi connectivity index (χ2v) is 4.69. The zero-order valence-corrected chi connectivity index (χ0v) is 10.1. The molecule has 0 atom stereocenters. The number of nitrogens with zero attached hydrogens (tertiary/aromatic N) is 1. The van der Waals surface area contributed by atoms with Gasteiger partial charge in [-0.3, -0.25) is 4.79 Å². The van der Waals surface area contributed by atoms with Crippen molar-refractivity contribution in [3.8, 4) is 11.3 Å². The molecule has 0 spiro atoms. The second-order valence-electron chi connectivity index (χ2n) is 4.69. The first-order chi connectivity index (χ1) is 8.72. The molecule has 0 radical (unpaired) electrons. The Morgan fingerprint density at radius 1 is 1.33 bits per heavy atom. The van der Waals surface area contributed by atoms with Crippen molar-refractivity contribution in [1.29, 1.82) is 0 Å². The number of hydrogen-bond acceptors (Lipinski definition) is 3. The zero-order valence-electron chi connectivity index (χ0n) is 10.1. The van der Waals surface area contributed by atoms with Gasteiger partial charge in [0.1, 0.15) is 0 Å². The third kappa shape index (κ3) is 2.27. The lowest BCUT2D eigenvalue weighted by molar-refractivity contribution is 0.0942. The van der Waals surface area contributed by atoms with Gasteiger partial charge in [-0.1, -0.05) is 35.0 Å². The summed E-state index contributed by atoms with van der Waals surface area (Å²) >= 11 is 0. The van der Waals surface area contributed by atoms with Crippen molar-refractivity contribution in [2.24, 2.45) is 0 Å². The fourth-order valence-corrected chi connectivity index (χ4v) is 1.72. The highest BCUT2D eigenvalue weighted by Gasteiger charge is 2.25. The number of nitrogens with one attached hydrogen (secondary N) is 1. The molecule has 4 heteroatoms. The predicted octanol–water partition coefficient (Wildman–Crippen LogP) is 2.54. The number of carbonyl (C=O) groups excluding carboxylic acids is 1. The van der Waals surface area contributed by atoms with Gasteiger partial charge in [-0.05, 0) is 19.8 Å². The third-order valence-corrected chi connectivity index (χ3v) is 2.99. The normalized spacial score (nSPS) is 14.5. The first-order valence-corrected chi connectivity index (χ1v) is 6.07. The molecule has 3 rings (SSSR count). The Hall–Kier alpha value is -2.10. The van der Waals surface area contributed by atoms with Crippen LogP contribution in [0, 0.1) is 6.92 Å². The van der Waals surface area contributed by atoms with Crippen molar-refractivity contribution in [2.45, 2.75) is 25.8 Å². The number of benzene rings is 1. The molecular weight excluding hydrogens is 228 g/mol. The van der Waals surface area contributed by atoms with E-state index >= 15 is 0 Å². The molecule has 0 bridgehead atoms. The number of hydrogen-bond donors (Lipinski definition) is 1. The lowest BCUT2D eigenvalue weighted by Gasteiger charge is -1.97. The predicted molar refractivity (Wildman–Crippen MR) is 67.2 cm³/mol. The molecule has 1 amide bonds. The van der Waals surface area contributed by atoms with E-state index < -0.39 is 0 Å². The monoisotopic (exact) mass is 242 g/mol. The lowest BCUT2D eigenvalue weighted by Crippen LogP contribution is -2.25. The summed E-state index contributed by atoms with van der Waals surface area (Å²) in [5.41, 5.74) is 2.46. The molecule has 4 nitrogen and oxygen atoms in total. The van der Waals surface area contributed by atoms with Gasteiger partial charge in [0, 0.05) is 17.7 Å². The topological polar surface area (TPSA) is 55.1 Å². The summed E-state index contributed by atoms with van der Waals surface area (Å²) in [5.74, 6) is 0.468. The zero-order chi connectivity index (χ0) is 12.5. The first-order valence-electron chi connectivity index (χ1n) is 6.07. The van der Waals surface area contributed by atoms with Gasteiger partial charge >= 0.3 is 0 Å². The van der Waals surface area contributed by atoms with E-state index in [1.807, 2.05) is 31.2 Å². The van der Waals surface area contributed by atoms with Crippen LogP contribution >= 0.6 is 0 Å². The van der Waals surface area contributed by atoms with Crippen molar-refractivity contribution < 1.29 is 9.32 Å². The molecule has 1 heterocycles. The summed E-state index contributed by atoms with van der Waals surface area (Å²) in [6, 6.07) is 9.93. The summed E-state index contributed by atoms with van der Waals surface area (Å²) in [6.07, 6.45) is 2.13. The molecule has 1 aliphatic carbocycles. The van der Waals surface area contributed by atoms with E-state index in [9.17, 15) is 4.79 Å². The van der Waals surface area contributed by atoms with Crippen LogP contribution in [0.25, 0.3) is 11.3 Å². The lowest BCUT2D eigenvalue weighted by atomic mass is 10.1. The van der Waals surface area contributed by atoms with E-state index in [-0.39, 0.29) is 5.91 Å². The maximum absolute atomic E-state index is 11.8. The van der Waals surface area contributed by atoms with Crippen LogP contribution in [0.5, 0.6) is 0 Å². The summed E-state index contributed by atoms with van der Waals surface area (Å²) in [6.45, 7) is 2.03. The van der Waals surface area contributed by atoms with Gasteiger partial charge in [-0.2, -0.15) is 0 Å². The van der Waals surface area contributed by atoms with E-state index in [1.54, 1.807) is 6.07 Å². The van der Waals surface area contributed by atoms with Crippen LogP contribution in [0.1, 0.15) is 28.9 Å². The molecule has 1 aromatic carbocycles. The Morgan fingerprint density at radius 2 is 2.06 bits per heavy atom. The average molecular weight is 242 g/mol. The van der Waals surface area contributed by atoms with Crippen LogP contribution in [-0.4, -0.2) is 17.1 Å². The van der Waals surface area contributed by atoms with Gasteiger partial charge in [0.2, 0.25) is 0 Å². The Balaban J connectivity index is 1.79. The molecule has 18 heavy (non-hydrogen) atoms. The summed E-state index contributed by atoms with van der Waals surface area (Å²) < 4.78 is 5.20. The maximum atomic E-state index is 11.8. The van der Waals surface area contributed by atoms with Crippen molar-refractivity contribution >= 4 is 5.91 Å². The minimum Gasteiger partial charge on any atom is -0.355 e. The quantitative estimate of drug-likeness (QED) is 0.899. The van der Waals surface area contributed by atoms with E-state index in [4.69, 9.17) is 4.52 Å². The maximum Gasteiger partial charge on any atom is 0.273 e. The van der Waals surface area contributed by atoms with Gasteiger partial charge in [-0.15, -0.1) is 0 Å². The van der Waals surface area contributed by atoms with Gasteiger partial charge < -0.3 is 9.84 Å². The van der Waals surface area contributed by atoms with Gasteiger partial charge in [0.15, 0.2) is 11.5 Å². The highest BCUT2D eigenvalue weighted by atomic mass is 16.5. The molecular formula is C14H14N2O2. The molecule has 0 saturated heterocycles. The summed E-state index contributed by atoms with van der Waals surface area (Å²) in [5, 5.41) is 6.69. The van der Waals surface area contributed by atoms with Crippen LogP contribution in [0.15, 0.2) is 34.9 Å². The van der Waals surface area contributed by atoms with E-state index in [0.29, 0.717) is 17.5 Å². The first kappa shape index (κ1) is 11.0. The van der Waals surface area contributed by atoms with Crippen LogP contribution < -0.4 is 5.32 Å². The smallest absolute Gasteiger partial charge is 0.273 e. The highest BCUT2D eigenvalue weighted by molar-refractivity contribution is 5.93. The standard InChI is InChI=1S/C14H14N2O2/c1-9-2-4-10(5-3-9)13-8-12(16-18-13)14(17)15-11-6-7-11/h2-5,8,11H,6-7H2,1H3,(H,15,17). The number of amides is 1. The van der Waals surface area contributed by atoms with Crippen LogP contribution in [-0.2, 0) is 0 Å². The number of aryl methyl sites for hydroxylation is 1. The number of rotatable bonds is 3. The molecule has 1 fully saturated rings. The van der Waals surface area contributed by atoms with Gasteiger partial charge in [0.25, 0.3) is 5.91 Å². The van der Waals surface area contributed by atoms with Gasteiger partial charge in [-0.25, -0.2) is 0 Å². The Bertz CT molecular complexity index is 568. The molecule has 2 aromatic rings. The van der Waals surface area contributed by atoms with Gasteiger partial charge in [0.05, 0.1) is 0 Å². The molecule has 1 aliphatic rings. The molecule has 92 valence electrons. The summed E-state index contributed by atoms with van der Waals surface area (Å²) in [7, 11) is 0. The Morgan fingerprint density at radius 3 is 2.72 bits per heavy atom. The Labute approximate surface area is 105 Å². The van der Waals surface area contributed by atoms with E-state index in [1.165, 1.54) is 5.56 Å². The fourth-order valence-electron chi connectivity index (χ4n) is 1.72. The van der Waals surface area contributed by atoms with E-state index in [2.05, 4.69) is 10.5 Å². The van der Waals surface area contributed by atoms with Crippen LogP contribution in [0.4, 0.5) is 0 Å². The Kier molecular flexibility index (Phi) is 2.63. The number of carbonyl (C=O) groups is 1. The van der Waals surface area contributed by atoms with Crippen LogP contribution in [0.3, 0.4) is 0 Å². The van der Waals surface area contributed by atoms with Crippen molar-refractivity contribution in [1.82, 2.24) is 10.5 Å². The molecule has 0 aliphatic heterocycles. The largest absolute Gasteiger partial charge is 0.355 e. The number of aromatic nitrogens is 1. The van der Waals surface area contributed by atoms with E-state index in [0.717, 1.165) is 18.4 Å². The molecule has 0 unspecified atom stereocenters. The summed E-state index contributed by atoms with van der Waals surface area (Å²) in [4.78, 5) is 11.8. The van der Waals surface area contributed by atoms with Crippen molar-refractivity contribution in [3.05, 3.63) is 41.6 Å².